The highest BCUT2D eigenvalue weighted by atomic mass is 16.6. The first-order chi connectivity index (χ1) is 17.4. The second kappa shape index (κ2) is 11.5. The molecule has 0 saturated carbocycles. The van der Waals surface area contributed by atoms with Gasteiger partial charge in [-0.15, -0.1) is 0 Å². The molecule has 0 radical (unpaired) electrons. The largest absolute Gasteiger partial charge is 0.469 e. The maximum atomic E-state index is 12.8. The normalized spacial score (nSPS) is 12.0. The zero-order valence-corrected chi connectivity index (χ0v) is 21.0. The van der Waals surface area contributed by atoms with Gasteiger partial charge in [-0.25, -0.2) is 14.8 Å². The van der Waals surface area contributed by atoms with Crippen molar-refractivity contribution in [3.63, 3.8) is 0 Å². The lowest BCUT2D eigenvalue weighted by Crippen LogP contribution is -2.44. The van der Waals surface area contributed by atoms with E-state index in [0.717, 1.165) is 0 Å². The second-order valence-corrected chi connectivity index (χ2v) is 9.14. The predicted octanol–water partition coefficient (Wildman–Crippen LogP) is 1.42. The molecular weight excluding hydrogens is 480 g/mol. The molecule has 13 heteroatoms. The Bertz CT molecular complexity index is 1350. The number of nitrogens with one attached hydrogen (secondary N) is 4. The van der Waals surface area contributed by atoms with E-state index in [1.807, 2.05) is 0 Å². The molecule has 0 aliphatic heterocycles. The van der Waals surface area contributed by atoms with Gasteiger partial charge in [0.15, 0.2) is 16.7 Å². The van der Waals surface area contributed by atoms with E-state index in [9.17, 15) is 14.4 Å². The summed E-state index contributed by atoms with van der Waals surface area (Å²) in [5.41, 5.74) is 7.04. The van der Waals surface area contributed by atoms with E-state index in [1.165, 1.54) is 13.3 Å². The molecule has 1 amide bonds. The lowest BCUT2D eigenvalue weighted by molar-refractivity contribution is -0.157. The number of aromatic amines is 1. The molecule has 0 fully saturated rings. The fraction of sp³-hybridized carbons (Fsp3) is 0.375. The summed E-state index contributed by atoms with van der Waals surface area (Å²) < 4.78 is 10.0. The first-order valence-corrected chi connectivity index (χ1v) is 11.5. The number of aromatic nitrogens is 4. The number of nitrogen functional groups attached to an aromatic ring is 1. The van der Waals surface area contributed by atoms with Gasteiger partial charge in [0, 0.05) is 17.7 Å². The Balaban J connectivity index is 1.64. The number of nitrogens with zero attached hydrogens (tertiary/aromatic N) is 3. The van der Waals surface area contributed by atoms with Crippen LogP contribution in [-0.2, 0) is 25.6 Å². The fourth-order valence-electron chi connectivity index (χ4n) is 3.24. The summed E-state index contributed by atoms with van der Waals surface area (Å²) in [6, 6.07) is 5.58. The maximum absolute atomic E-state index is 12.8. The van der Waals surface area contributed by atoms with E-state index in [-0.39, 0.29) is 29.9 Å². The Kier molecular flexibility index (Phi) is 8.37. The van der Waals surface area contributed by atoms with Crippen molar-refractivity contribution in [3.05, 3.63) is 47.2 Å². The van der Waals surface area contributed by atoms with E-state index in [2.05, 4.69) is 35.3 Å². The van der Waals surface area contributed by atoms with E-state index < -0.39 is 29.5 Å². The minimum Gasteiger partial charge on any atom is -0.469 e. The molecule has 0 saturated heterocycles. The summed E-state index contributed by atoms with van der Waals surface area (Å²) in [7, 11) is 1.25. The van der Waals surface area contributed by atoms with Crippen LogP contribution in [0.25, 0.3) is 11.2 Å². The van der Waals surface area contributed by atoms with Crippen LogP contribution in [0.2, 0.25) is 0 Å². The van der Waals surface area contributed by atoms with Crippen LogP contribution in [0.1, 0.15) is 49.7 Å². The summed E-state index contributed by atoms with van der Waals surface area (Å²) in [6.07, 6.45) is 1.53. The number of hydrogen-bond donors (Lipinski definition) is 5. The van der Waals surface area contributed by atoms with E-state index in [1.54, 1.807) is 45.0 Å². The van der Waals surface area contributed by atoms with Crippen LogP contribution < -0.4 is 21.9 Å². The summed E-state index contributed by atoms with van der Waals surface area (Å²) >= 11 is 0. The lowest BCUT2D eigenvalue weighted by Gasteiger charge is -2.24. The van der Waals surface area contributed by atoms with Gasteiger partial charge < -0.3 is 30.8 Å². The van der Waals surface area contributed by atoms with Gasteiger partial charge in [0.05, 0.1) is 25.5 Å². The van der Waals surface area contributed by atoms with Gasteiger partial charge in [0.1, 0.15) is 11.6 Å². The minimum atomic E-state index is -1.01. The second-order valence-electron chi connectivity index (χ2n) is 9.14. The average Bonchev–Trinajstić information content (AvgIpc) is 2.84. The van der Waals surface area contributed by atoms with Crippen LogP contribution in [0.5, 0.6) is 0 Å². The van der Waals surface area contributed by atoms with Crippen molar-refractivity contribution in [2.75, 3.05) is 18.2 Å². The first-order valence-electron chi connectivity index (χ1n) is 11.5. The third-order valence-electron chi connectivity index (χ3n) is 5.00. The number of carbonyl (C=O) groups excluding carboxylic acids is 3. The Morgan fingerprint density at radius 1 is 1.16 bits per heavy atom. The molecule has 1 atom stereocenters. The lowest BCUT2D eigenvalue weighted by atomic mass is 10.1. The molecule has 0 bridgehead atoms. The number of fused-ring (bicyclic) bond motifs is 1. The van der Waals surface area contributed by atoms with Crippen molar-refractivity contribution in [2.45, 2.75) is 51.8 Å². The summed E-state index contributed by atoms with van der Waals surface area (Å²) in [4.78, 5) is 52.1. The van der Waals surface area contributed by atoms with Gasteiger partial charge in [0.2, 0.25) is 5.95 Å². The summed E-state index contributed by atoms with van der Waals surface area (Å²) in [5, 5.41) is 13.8. The Morgan fingerprint density at radius 3 is 2.51 bits per heavy atom. The van der Waals surface area contributed by atoms with Crippen molar-refractivity contribution >= 4 is 40.6 Å². The zero-order valence-electron chi connectivity index (χ0n) is 21.0. The minimum absolute atomic E-state index is 0.0171. The van der Waals surface area contributed by atoms with Crippen LogP contribution in [0.15, 0.2) is 30.5 Å². The molecule has 3 rings (SSSR count). The van der Waals surface area contributed by atoms with Gasteiger partial charge in [-0.2, -0.15) is 4.98 Å². The highest BCUT2D eigenvalue weighted by Crippen LogP contribution is 2.14. The molecule has 6 N–H and O–H groups in total. The molecule has 0 spiro atoms. The maximum Gasteiger partial charge on any atom is 0.329 e. The van der Waals surface area contributed by atoms with Crippen molar-refractivity contribution in [1.82, 2.24) is 25.3 Å². The third-order valence-corrected chi connectivity index (χ3v) is 5.00. The molecule has 1 aromatic carbocycles. The summed E-state index contributed by atoms with van der Waals surface area (Å²) in [6.45, 7) is 5.47. The number of carbonyl (C=O) groups is 3. The Labute approximate surface area is 212 Å². The number of nitrogens with two attached hydrogens (primary N) is 1. The number of hydrogen-bond acceptors (Lipinski definition) is 11. The molecule has 37 heavy (non-hydrogen) atoms. The van der Waals surface area contributed by atoms with Crippen LogP contribution in [0.4, 0.5) is 11.6 Å². The van der Waals surface area contributed by atoms with Gasteiger partial charge in [-0.05, 0) is 51.5 Å². The van der Waals surface area contributed by atoms with E-state index in [0.29, 0.717) is 29.0 Å². The molecular formula is C24H30N8O5. The SMILES string of the molecule is COC(=O)CC[C@H](NC(=O)c1ccc(NCc2cnc3nc(N)[nH]c(=N)c3n2)cc1)C(=O)OC(C)(C)C. The van der Waals surface area contributed by atoms with Crippen LogP contribution in [0, 0.1) is 5.41 Å². The molecule has 196 valence electrons. The number of rotatable bonds is 9. The third kappa shape index (κ3) is 7.72. The number of esters is 2. The predicted molar refractivity (Wildman–Crippen MR) is 134 cm³/mol. The molecule has 2 heterocycles. The zero-order chi connectivity index (χ0) is 27.2. The van der Waals surface area contributed by atoms with Crippen LogP contribution in [0.3, 0.4) is 0 Å². The van der Waals surface area contributed by atoms with Gasteiger partial charge in [-0.3, -0.25) is 15.0 Å². The monoisotopic (exact) mass is 510 g/mol. The molecule has 0 unspecified atom stereocenters. The number of ether oxygens (including phenoxy) is 2. The van der Waals surface area contributed by atoms with Crippen LogP contribution >= 0.6 is 0 Å². The summed E-state index contributed by atoms with van der Waals surface area (Å²) in [5.74, 6) is -1.53. The Morgan fingerprint density at radius 2 is 1.86 bits per heavy atom. The van der Waals surface area contributed by atoms with Gasteiger partial charge >= 0.3 is 11.9 Å². The number of methoxy groups -OCH3 is 1. The Hall–Kier alpha value is -4.55. The van der Waals surface area contributed by atoms with E-state index >= 15 is 0 Å². The van der Waals surface area contributed by atoms with Gasteiger partial charge in [-0.1, -0.05) is 0 Å². The smallest absolute Gasteiger partial charge is 0.329 e. The number of amides is 1. The topological polar surface area (TPSA) is 198 Å². The highest BCUT2D eigenvalue weighted by Gasteiger charge is 2.27. The molecule has 3 aromatic rings. The van der Waals surface area contributed by atoms with Gasteiger partial charge in [0.25, 0.3) is 5.91 Å². The number of H-pyrrole nitrogens is 1. The quantitative estimate of drug-likeness (QED) is 0.262. The van der Waals surface area contributed by atoms with Crippen molar-refractivity contribution < 1.29 is 23.9 Å². The highest BCUT2D eigenvalue weighted by molar-refractivity contribution is 5.97. The molecule has 13 nitrogen and oxygen atoms in total. The number of benzene rings is 1. The van der Waals surface area contributed by atoms with Crippen LogP contribution in [-0.4, -0.2) is 56.5 Å². The molecule has 0 aliphatic rings. The van der Waals surface area contributed by atoms with Crippen molar-refractivity contribution in [3.8, 4) is 0 Å². The fourth-order valence-corrected chi connectivity index (χ4v) is 3.24. The number of anilines is 2. The van der Waals surface area contributed by atoms with Crippen molar-refractivity contribution in [2.24, 2.45) is 0 Å². The first kappa shape index (κ1) is 27.0. The standard InChI is InChI=1S/C24H30N8O5/c1-24(2,3)37-22(35)16(9-10-17(33)36-4)30-21(34)13-5-7-14(8-6-13)27-11-15-12-28-20-18(29-15)19(25)31-23(26)32-20/h5-8,12,16,27H,9-11H2,1-4H3,(H,30,34)(H4,25,26,28,31,32)/t16-/m0/s1. The average molecular weight is 511 g/mol. The van der Waals surface area contributed by atoms with E-state index in [4.69, 9.17) is 15.9 Å². The van der Waals surface area contributed by atoms with Crippen molar-refractivity contribution in [1.29, 1.82) is 5.41 Å². The molecule has 2 aromatic heterocycles. The molecule has 0 aliphatic carbocycles.